The maximum absolute atomic E-state index is 11.9. The van der Waals surface area contributed by atoms with Crippen LogP contribution in [-0.2, 0) is 9.53 Å². The number of carbonyl (C=O) groups is 2. The Labute approximate surface area is 130 Å². The molecule has 0 aliphatic carbocycles. The smallest absolute Gasteiger partial charge is 0.409 e. The van der Waals surface area contributed by atoms with Gasteiger partial charge in [0.25, 0.3) is 0 Å². The number of aromatic nitrogens is 1. The Morgan fingerprint density at radius 3 is 2.68 bits per heavy atom. The molecule has 0 atom stereocenters. The minimum atomic E-state index is -0.273. The largest absolute Gasteiger partial charge is 0.450 e. The van der Waals surface area contributed by atoms with E-state index in [0.717, 1.165) is 18.4 Å². The van der Waals surface area contributed by atoms with Gasteiger partial charge in [-0.25, -0.2) is 4.79 Å². The molecular formula is C16H21N3O3. The van der Waals surface area contributed by atoms with Gasteiger partial charge >= 0.3 is 6.09 Å². The van der Waals surface area contributed by atoms with Crippen molar-refractivity contribution in [3.8, 4) is 0 Å². The van der Waals surface area contributed by atoms with Crippen LogP contribution in [0, 0.1) is 0 Å². The second-order valence-electron chi connectivity index (χ2n) is 5.08. The highest BCUT2D eigenvalue weighted by Gasteiger charge is 2.23. The molecule has 1 aliphatic heterocycles. The maximum atomic E-state index is 11.9. The van der Waals surface area contributed by atoms with Crippen molar-refractivity contribution in [2.24, 2.45) is 0 Å². The van der Waals surface area contributed by atoms with Crippen LogP contribution in [0.1, 0.15) is 25.3 Å². The topological polar surface area (TPSA) is 71.5 Å². The van der Waals surface area contributed by atoms with Crippen molar-refractivity contribution in [3.63, 3.8) is 0 Å². The molecule has 0 radical (unpaired) electrons. The van der Waals surface area contributed by atoms with E-state index in [-0.39, 0.29) is 18.0 Å². The summed E-state index contributed by atoms with van der Waals surface area (Å²) in [6.45, 7) is 3.39. The monoisotopic (exact) mass is 303 g/mol. The minimum absolute atomic E-state index is 0.0975. The summed E-state index contributed by atoms with van der Waals surface area (Å²) in [4.78, 5) is 29.1. The zero-order valence-corrected chi connectivity index (χ0v) is 12.7. The molecule has 6 nitrogen and oxygen atoms in total. The van der Waals surface area contributed by atoms with Crippen LogP contribution in [0.5, 0.6) is 0 Å². The maximum Gasteiger partial charge on any atom is 0.409 e. The molecule has 2 amide bonds. The summed E-state index contributed by atoms with van der Waals surface area (Å²) < 4.78 is 4.97. The normalized spacial score (nSPS) is 15.8. The summed E-state index contributed by atoms with van der Waals surface area (Å²) in [5, 5.41) is 2.96. The Morgan fingerprint density at radius 2 is 2.05 bits per heavy atom. The van der Waals surface area contributed by atoms with Crippen LogP contribution in [0.2, 0.25) is 0 Å². The van der Waals surface area contributed by atoms with Gasteiger partial charge in [-0.2, -0.15) is 0 Å². The van der Waals surface area contributed by atoms with Crippen LogP contribution >= 0.6 is 0 Å². The van der Waals surface area contributed by atoms with Crippen molar-refractivity contribution in [2.75, 3.05) is 19.7 Å². The van der Waals surface area contributed by atoms with E-state index in [1.165, 1.54) is 6.08 Å². The van der Waals surface area contributed by atoms with Gasteiger partial charge < -0.3 is 15.0 Å². The van der Waals surface area contributed by atoms with E-state index in [1.807, 2.05) is 12.1 Å². The third-order valence-electron chi connectivity index (χ3n) is 3.50. The second kappa shape index (κ2) is 8.17. The Bertz CT molecular complexity index is 523. The molecule has 0 bridgehead atoms. The molecular weight excluding hydrogens is 282 g/mol. The van der Waals surface area contributed by atoms with E-state index in [4.69, 9.17) is 4.74 Å². The molecule has 6 heteroatoms. The zero-order valence-electron chi connectivity index (χ0n) is 12.7. The van der Waals surface area contributed by atoms with Gasteiger partial charge in [-0.15, -0.1) is 0 Å². The highest BCUT2D eigenvalue weighted by Crippen LogP contribution is 2.11. The van der Waals surface area contributed by atoms with Gasteiger partial charge in [0.1, 0.15) is 0 Å². The summed E-state index contributed by atoms with van der Waals surface area (Å²) in [5.41, 5.74) is 0.933. The molecule has 118 valence electrons. The fraction of sp³-hybridized carbons (Fsp3) is 0.438. The van der Waals surface area contributed by atoms with Gasteiger partial charge in [0.05, 0.1) is 6.61 Å². The van der Waals surface area contributed by atoms with Crippen molar-refractivity contribution in [1.82, 2.24) is 15.2 Å². The van der Waals surface area contributed by atoms with Gasteiger partial charge in [-0.05, 0) is 43.5 Å². The Hall–Kier alpha value is -2.37. The van der Waals surface area contributed by atoms with Crippen molar-refractivity contribution in [2.45, 2.75) is 25.8 Å². The van der Waals surface area contributed by atoms with Gasteiger partial charge in [-0.3, -0.25) is 9.78 Å². The number of nitrogens with zero attached hydrogens (tertiary/aromatic N) is 2. The first kappa shape index (κ1) is 16.0. The lowest BCUT2D eigenvalue weighted by Crippen LogP contribution is -2.46. The molecule has 2 rings (SSSR count). The second-order valence-corrected chi connectivity index (χ2v) is 5.08. The van der Waals surface area contributed by atoms with E-state index < -0.39 is 0 Å². The van der Waals surface area contributed by atoms with Gasteiger partial charge in [0.2, 0.25) is 5.91 Å². The Balaban J connectivity index is 1.75. The first-order chi connectivity index (χ1) is 10.7. The van der Waals surface area contributed by atoms with Crippen molar-refractivity contribution >= 4 is 18.1 Å². The number of carbonyl (C=O) groups excluding carboxylic acids is 2. The fourth-order valence-electron chi connectivity index (χ4n) is 2.32. The van der Waals surface area contributed by atoms with Crippen LogP contribution in [0.15, 0.2) is 30.6 Å². The molecule has 0 saturated carbocycles. The highest BCUT2D eigenvalue weighted by atomic mass is 16.6. The van der Waals surface area contributed by atoms with Crippen LogP contribution in [0.25, 0.3) is 6.08 Å². The summed E-state index contributed by atoms with van der Waals surface area (Å²) in [5.74, 6) is -0.119. The van der Waals surface area contributed by atoms with E-state index >= 15 is 0 Å². The number of piperidine rings is 1. The van der Waals surface area contributed by atoms with Gasteiger partial charge in [0, 0.05) is 37.6 Å². The average molecular weight is 303 g/mol. The lowest BCUT2D eigenvalue weighted by atomic mass is 10.1. The Morgan fingerprint density at radius 1 is 1.36 bits per heavy atom. The van der Waals surface area contributed by atoms with E-state index in [0.29, 0.717) is 19.7 Å². The molecule has 1 N–H and O–H groups in total. The molecule has 0 aromatic carbocycles. The lowest BCUT2D eigenvalue weighted by molar-refractivity contribution is -0.117. The standard InChI is InChI=1S/C16H21N3O3/c1-2-22-16(21)19-11-7-14(8-12-19)18-15(20)4-3-13-5-9-17-10-6-13/h3-6,9-10,14H,2,7-8,11-12H2,1H3,(H,18,20)/b4-3+. The molecule has 1 aromatic rings. The summed E-state index contributed by atoms with van der Waals surface area (Å²) >= 11 is 0. The minimum Gasteiger partial charge on any atom is -0.450 e. The predicted octanol–water partition coefficient (Wildman–Crippen LogP) is 1.83. The van der Waals surface area contributed by atoms with Crippen molar-refractivity contribution < 1.29 is 14.3 Å². The van der Waals surface area contributed by atoms with Crippen LogP contribution in [-0.4, -0.2) is 47.6 Å². The number of hydrogen-bond acceptors (Lipinski definition) is 4. The zero-order chi connectivity index (χ0) is 15.8. The van der Waals surface area contributed by atoms with Crippen molar-refractivity contribution in [3.05, 3.63) is 36.2 Å². The number of ether oxygens (including phenoxy) is 1. The van der Waals surface area contributed by atoms with Crippen LogP contribution < -0.4 is 5.32 Å². The molecule has 1 saturated heterocycles. The van der Waals surface area contributed by atoms with Gasteiger partial charge in [0.15, 0.2) is 0 Å². The highest BCUT2D eigenvalue weighted by molar-refractivity contribution is 5.91. The number of rotatable bonds is 4. The number of amides is 2. The summed E-state index contributed by atoms with van der Waals surface area (Å²) in [6, 6.07) is 3.77. The molecule has 1 aliphatic rings. The van der Waals surface area contributed by atoms with E-state index in [2.05, 4.69) is 10.3 Å². The molecule has 22 heavy (non-hydrogen) atoms. The molecule has 1 aromatic heterocycles. The summed E-state index contributed by atoms with van der Waals surface area (Å²) in [7, 11) is 0. The number of nitrogens with one attached hydrogen (secondary N) is 1. The first-order valence-electron chi connectivity index (χ1n) is 7.49. The SMILES string of the molecule is CCOC(=O)N1CCC(NC(=O)/C=C/c2ccncc2)CC1. The summed E-state index contributed by atoms with van der Waals surface area (Å²) in [6.07, 6.45) is 7.86. The quantitative estimate of drug-likeness (QED) is 0.861. The average Bonchev–Trinajstić information content (AvgIpc) is 2.55. The first-order valence-corrected chi connectivity index (χ1v) is 7.49. The lowest BCUT2D eigenvalue weighted by Gasteiger charge is -2.31. The molecule has 2 heterocycles. The molecule has 0 unspecified atom stereocenters. The molecule has 0 spiro atoms. The molecule has 1 fully saturated rings. The number of likely N-dealkylation sites (tertiary alicyclic amines) is 1. The third kappa shape index (κ3) is 4.87. The number of pyridine rings is 1. The fourth-order valence-corrected chi connectivity index (χ4v) is 2.32. The van der Waals surface area contributed by atoms with Crippen LogP contribution in [0.3, 0.4) is 0 Å². The van der Waals surface area contributed by atoms with Gasteiger partial charge in [-0.1, -0.05) is 0 Å². The third-order valence-corrected chi connectivity index (χ3v) is 3.50. The number of hydrogen-bond donors (Lipinski definition) is 1. The Kier molecular flexibility index (Phi) is 5.94. The van der Waals surface area contributed by atoms with E-state index in [9.17, 15) is 9.59 Å². The van der Waals surface area contributed by atoms with Crippen LogP contribution in [0.4, 0.5) is 4.79 Å². The predicted molar refractivity (Wildman–Crippen MR) is 83.0 cm³/mol. The van der Waals surface area contributed by atoms with Crippen molar-refractivity contribution in [1.29, 1.82) is 0 Å². The van der Waals surface area contributed by atoms with E-state index in [1.54, 1.807) is 30.3 Å².